The largest absolute Gasteiger partial charge is 0.330 e. The third-order valence-electron chi connectivity index (χ3n) is 2.68. The summed E-state index contributed by atoms with van der Waals surface area (Å²) in [5.41, 5.74) is 9.25. The minimum absolute atomic E-state index is 0.698. The van der Waals surface area contributed by atoms with E-state index in [0.29, 0.717) is 6.54 Å². The summed E-state index contributed by atoms with van der Waals surface area (Å²) in [6.45, 7) is 0.698. The first-order valence-electron chi connectivity index (χ1n) is 5.93. The zero-order valence-electron chi connectivity index (χ0n) is 9.84. The fraction of sp³-hybridized carbons (Fsp3) is 0.125. The van der Waals surface area contributed by atoms with E-state index in [2.05, 4.69) is 60.7 Å². The highest BCUT2D eigenvalue weighted by Crippen LogP contribution is 2.24. The molecule has 17 heavy (non-hydrogen) atoms. The van der Waals surface area contributed by atoms with Crippen molar-refractivity contribution >= 4 is 6.08 Å². The Balaban J connectivity index is 2.34. The summed E-state index contributed by atoms with van der Waals surface area (Å²) in [4.78, 5) is 0. The van der Waals surface area contributed by atoms with Crippen molar-refractivity contribution < 1.29 is 0 Å². The predicted octanol–water partition coefficient (Wildman–Crippen LogP) is 3.72. The fourth-order valence-electron chi connectivity index (χ4n) is 1.83. The lowest BCUT2D eigenvalue weighted by Crippen LogP contribution is -1.95. The van der Waals surface area contributed by atoms with Gasteiger partial charge in [-0.15, -0.1) is 0 Å². The number of rotatable bonds is 4. The average molecular weight is 223 g/mol. The zero-order valence-corrected chi connectivity index (χ0v) is 9.84. The van der Waals surface area contributed by atoms with Crippen molar-refractivity contribution in [3.05, 3.63) is 66.2 Å². The Bertz CT molecular complexity index is 486. The summed E-state index contributed by atoms with van der Waals surface area (Å²) in [6, 6.07) is 18.9. The second-order valence-corrected chi connectivity index (χ2v) is 3.93. The van der Waals surface area contributed by atoms with Crippen LogP contribution in [0.15, 0.2) is 60.7 Å². The van der Waals surface area contributed by atoms with Gasteiger partial charge in [-0.25, -0.2) is 0 Å². The van der Waals surface area contributed by atoms with Gasteiger partial charge in [-0.2, -0.15) is 0 Å². The lowest BCUT2D eigenvalue weighted by atomic mass is 9.99. The normalized spacial score (nSPS) is 10.9. The molecule has 0 amide bonds. The van der Waals surface area contributed by atoms with Gasteiger partial charge in [0.1, 0.15) is 0 Å². The van der Waals surface area contributed by atoms with Crippen LogP contribution >= 0.6 is 0 Å². The molecule has 0 heterocycles. The quantitative estimate of drug-likeness (QED) is 0.840. The molecule has 0 aliphatic rings. The summed E-state index contributed by atoms with van der Waals surface area (Å²) in [7, 11) is 0. The Labute approximate surface area is 103 Å². The first-order chi connectivity index (χ1) is 8.42. The molecule has 0 saturated heterocycles. The van der Waals surface area contributed by atoms with Gasteiger partial charge in [-0.1, -0.05) is 66.7 Å². The second-order valence-electron chi connectivity index (χ2n) is 3.93. The van der Waals surface area contributed by atoms with Crippen molar-refractivity contribution in [2.45, 2.75) is 6.42 Å². The molecule has 0 aliphatic heterocycles. The van der Waals surface area contributed by atoms with E-state index in [9.17, 15) is 0 Å². The van der Waals surface area contributed by atoms with Crippen LogP contribution in [0.2, 0.25) is 0 Å². The molecule has 0 spiro atoms. The van der Waals surface area contributed by atoms with Crippen molar-refractivity contribution in [2.75, 3.05) is 6.54 Å². The van der Waals surface area contributed by atoms with Crippen LogP contribution in [0.25, 0.3) is 17.2 Å². The lowest BCUT2D eigenvalue weighted by Gasteiger charge is -2.05. The van der Waals surface area contributed by atoms with E-state index in [4.69, 9.17) is 5.73 Å². The van der Waals surface area contributed by atoms with Gasteiger partial charge in [-0.3, -0.25) is 0 Å². The molecule has 0 aliphatic carbocycles. The van der Waals surface area contributed by atoms with Gasteiger partial charge in [0.15, 0.2) is 0 Å². The first-order valence-corrected chi connectivity index (χ1v) is 5.93. The molecule has 2 N–H and O–H groups in total. The molecule has 2 rings (SSSR count). The second kappa shape index (κ2) is 6.02. The Kier molecular flexibility index (Phi) is 4.11. The predicted molar refractivity (Wildman–Crippen MR) is 74.6 cm³/mol. The lowest BCUT2D eigenvalue weighted by molar-refractivity contribution is 1.01. The van der Waals surface area contributed by atoms with Gasteiger partial charge in [0.2, 0.25) is 0 Å². The summed E-state index contributed by atoms with van der Waals surface area (Å²) < 4.78 is 0. The zero-order chi connectivity index (χ0) is 11.9. The maximum Gasteiger partial charge on any atom is -0.00425 e. The molecule has 0 fully saturated rings. The van der Waals surface area contributed by atoms with Crippen molar-refractivity contribution in [1.29, 1.82) is 0 Å². The molecule has 86 valence electrons. The maximum absolute atomic E-state index is 5.49. The van der Waals surface area contributed by atoms with Gasteiger partial charge in [0.05, 0.1) is 0 Å². The molecule has 0 unspecified atom stereocenters. The van der Waals surface area contributed by atoms with Crippen LogP contribution in [0, 0.1) is 0 Å². The van der Waals surface area contributed by atoms with Crippen LogP contribution < -0.4 is 5.73 Å². The van der Waals surface area contributed by atoms with Gasteiger partial charge in [0, 0.05) is 0 Å². The highest BCUT2D eigenvalue weighted by molar-refractivity contribution is 5.75. The van der Waals surface area contributed by atoms with Crippen LogP contribution in [0.3, 0.4) is 0 Å². The summed E-state index contributed by atoms with van der Waals surface area (Å²) >= 11 is 0. The van der Waals surface area contributed by atoms with Gasteiger partial charge >= 0.3 is 0 Å². The Hall–Kier alpha value is -1.86. The van der Waals surface area contributed by atoms with Gasteiger partial charge in [0.25, 0.3) is 0 Å². The van der Waals surface area contributed by atoms with Crippen molar-refractivity contribution in [3.8, 4) is 11.1 Å². The molecule has 0 radical (unpaired) electrons. The van der Waals surface area contributed by atoms with Gasteiger partial charge in [-0.05, 0) is 29.7 Å². The van der Waals surface area contributed by atoms with E-state index in [1.807, 2.05) is 6.07 Å². The molecule has 2 aromatic rings. The summed E-state index contributed by atoms with van der Waals surface area (Å²) in [5.74, 6) is 0. The molecule has 2 aromatic carbocycles. The molecule has 0 atom stereocenters. The molecular formula is C16H17N. The van der Waals surface area contributed by atoms with Crippen LogP contribution in [-0.2, 0) is 0 Å². The number of benzene rings is 2. The van der Waals surface area contributed by atoms with Crippen LogP contribution in [0.5, 0.6) is 0 Å². The third-order valence-corrected chi connectivity index (χ3v) is 2.68. The van der Waals surface area contributed by atoms with E-state index < -0.39 is 0 Å². The Morgan fingerprint density at radius 3 is 2.35 bits per heavy atom. The average Bonchev–Trinajstić information content (AvgIpc) is 2.41. The molecule has 1 nitrogen and oxygen atoms in total. The third kappa shape index (κ3) is 3.05. The number of hydrogen-bond acceptors (Lipinski definition) is 1. The van der Waals surface area contributed by atoms with Crippen LogP contribution in [0.4, 0.5) is 0 Å². The van der Waals surface area contributed by atoms with Crippen LogP contribution in [-0.4, -0.2) is 6.54 Å². The molecular weight excluding hydrogens is 206 g/mol. The number of hydrogen-bond donors (Lipinski definition) is 1. The Morgan fingerprint density at radius 2 is 1.59 bits per heavy atom. The minimum atomic E-state index is 0.698. The molecule has 0 bridgehead atoms. The highest BCUT2D eigenvalue weighted by atomic mass is 14.5. The fourth-order valence-corrected chi connectivity index (χ4v) is 1.83. The first kappa shape index (κ1) is 11.6. The molecule has 0 saturated carbocycles. The van der Waals surface area contributed by atoms with Gasteiger partial charge < -0.3 is 5.73 Å². The highest BCUT2D eigenvalue weighted by Gasteiger charge is 2.00. The van der Waals surface area contributed by atoms with E-state index in [-0.39, 0.29) is 0 Å². The van der Waals surface area contributed by atoms with Crippen molar-refractivity contribution in [2.24, 2.45) is 5.73 Å². The van der Waals surface area contributed by atoms with Crippen molar-refractivity contribution in [3.63, 3.8) is 0 Å². The SMILES string of the molecule is NCC/C=C\c1ccccc1-c1ccccc1. The van der Waals surface area contributed by atoms with E-state index in [1.165, 1.54) is 16.7 Å². The summed E-state index contributed by atoms with van der Waals surface area (Å²) in [5, 5.41) is 0. The number of nitrogens with two attached hydrogens (primary N) is 1. The maximum atomic E-state index is 5.49. The molecule has 1 heteroatoms. The van der Waals surface area contributed by atoms with E-state index in [0.717, 1.165) is 6.42 Å². The minimum Gasteiger partial charge on any atom is -0.330 e. The standard InChI is InChI=1S/C16H17N/c17-13-7-6-11-15-10-4-5-12-16(15)14-8-2-1-3-9-14/h1-6,8-12H,7,13,17H2/b11-6-. The topological polar surface area (TPSA) is 26.0 Å². The van der Waals surface area contributed by atoms with Crippen LogP contribution in [0.1, 0.15) is 12.0 Å². The van der Waals surface area contributed by atoms with E-state index in [1.54, 1.807) is 0 Å². The smallest absolute Gasteiger partial charge is 0.00425 e. The summed E-state index contributed by atoms with van der Waals surface area (Å²) in [6.07, 6.45) is 5.19. The Morgan fingerprint density at radius 1 is 0.882 bits per heavy atom. The van der Waals surface area contributed by atoms with Crippen molar-refractivity contribution in [1.82, 2.24) is 0 Å². The molecule has 0 aromatic heterocycles. The monoisotopic (exact) mass is 223 g/mol. The van der Waals surface area contributed by atoms with E-state index >= 15 is 0 Å².